The van der Waals surface area contributed by atoms with Gasteiger partial charge in [0, 0.05) is 19.2 Å². The van der Waals surface area contributed by atoms with Gasteiger partial charge in [-0.1, -0.05) is 57.0 Å². The smallest absolute Gasteiger partial charge is 0.261 e. The van der Waals surface area contributed by atoms with E-state index in [2.05, 4.69) is 6.92 Å². The number of rotatable bonds is 8. The average Bonchev–Trinajstić information content (AvgIpc) is 2.76. The third kappa shape index (κ3) is 4.39. The van der Waals surface area contributed by atoms with E-state index in [4.69, 9.17) is 4.98 Å². The van der Waals surface area contributed by atoms with Gasteiger partial charge in [0.1, 0.15) is 5.82 Å². The van der Waals surface area contributed by atoms with Crippen molar-refractivity contribution in [2.24, 2.45) is 7.05 Å². The highest BCUT2D eigenvalue weighted by atomic mass is 16.2. The van der Waals surface area contributed by atoms with Crippen LogP contribution in [0, 0.1) is 0 Å². The van der Waals surface area contributed by atoms with Gasteiger partial charge >= 0.3 is 0 Å². The number of benzene rings is 2. The summed E-state index contributed by atoms with van der Waals surface area (Å²) in [6.07, 6.45) is 3.74. The molecule has 5 nitrogen and oxygen atoms in total. The van der Waals surface area contributed by atoms with Crippen molar-refractivity contribution in [2.45, 2.75) is 45.6 Å². The fourth-order valence-corrected chi connectivity index (χ4v) is 3.75. The van der Waals surface area contributed by atoms with Crippen LogP contribution in [0.1, 0.15) is 61.8 Å². The Balaban J connectivity index is 2.07. The molecule has 3 rings (SSSR count). The molecule has 2 aromatic carbocycles. The third-order valence-electron chi connectivity index (χ3n) is 5.36. The molecule has 0 aliphatic rings. The van der Waals surface area contributed by atoms with Crippen molar-refractivity contribution in [2.75, 3.05) is 6.54 Å². The van der Waals surface area contributed by atoms with E-state index in [1.54, 1.807) is 17.7 Å². The van der Waals surface area contributed by atoms with E-state index in [-0.39, 0.29) is 17.5 Å². The Hall–Kier alpha value is -2.95. The van der Waals surface area contributed by atoms with Crippen molar-refractivity contribution < 1.29 is 4.79 Å². The Labute approximate surface area is 172 Å². The Morgan fingerprint density at radius 2 is 1.72 bits per heavy atom. The summed E-state index contributed by atoms with van der Waals surface area (Å²) in [6, 6.07) is 16.5. The van der Waals surface area contributed by atoms with Crippen LogP contribution >= 0.6 is 0 Å². The fraction of sp³-hybridized carbons (Fsp3) is 0.375. The summed E-state index contributed by atoms with van der Waals surface area (Å²) in [5, 5.41) is 0.598. The number of para-hydroxylation sites is 1. The van der Waals surface area contributed by atoms with Gasteiger partial charge in [-0.2, -0.15) is 0 Å². The molecule has 0 saturated carbocycles. The standard InChI is InChI=1S/C24H29N3O2/c1-4-6-12-17-27(23(28)18-13-8-7-9-14-18)21(5-2)22-25-20-16-11-10-15-19(20)24(29)26(22)3/h7-11,13-16,21H,4-6,12,17H2,1-3H3. The number of unbranched alkanes of at least 4 members (excludes halogenated alkanes) is 2. The molecule has 0 radical (unpaired) electrons. The lowest BCUT2D eigenvalue weighted by molar-refractivity contribution is 0.0653. The summed E-state index contributed by atoms with van der Waals surface area (Å²) in [4.78, 5) is 33.0. The van der Waals surface area contributed by atoms with Crippen LogP contribution in [0.4, 0.5) is 0 Å². The molecule has 0 spiro atoms. The van der Waals surface area contributed by atoms with Crippen LogP contribution in [0.5, 0.6) is 0 Å². The zero-order valence-electron chi connectivity index (χ0n) is 17.5. The largest absolute Gasteiger partial charge is 0.328 e. The van der Waals surface area contributed by atoms with Crippen LogP contribution < -0.4 is 5.56 Å². The minimum Gasteiger partial charge on any atom is -0.328 e. The second kappa shape index (κ2) is 9.50. The monoisotopic (exact) mass is 391 g/mol. The SMILES string of the molecule is CCCCCN(C(=O)c1ccccc1)C(CC)c1nc2ccccc2c(=O)n1C. The molecular formula is C24H29N3O2. The molecule has 0 saturated heterocycles. The Bertz CT molecular complexity index is 1030. The minimum atomic E-state index is -0.262. The van der Waals surface area contributed by atoms with Crippen LogP contribution in [0.3, 0.4) is 0 Å². The summed E-state index contributed by atoms with van der Waals surface area (Å²) < 4.78 is 1.60. The van der Waals surface area contributed by atoms with Gasteiger partial charge in [-0.3, -0.25) is 14.2 Å². The molecule has 1 amide bonds. The normalized spacial score (nSPS) is 12.1. The van der Waals surface area contributed by atoms with E-state index in [0.717, 1.165) is 19.3 Å². The van der Waals surface area contributed by atoms with E-state index in [0.29, 0.717) is 35.3 Å². The number of hydrogen-bond acceptors (Lipinski definition) is 3. The first-order valence-corrected chi connectivity index (χ1v) is 10.4. The van der Waals surface area contributed by atoms with Crippen LogP contribution in [0.15, 0.2) is 59.4 Å². The van der Waals surface area contributed by atoms with E-state index in [9.17, 15) is 9.59 Å². The Morgan fingerprint density at radius 1 is 1.03 bits per heavy atom. The minimum absolute atomic E-state index is 0.0176. The van der Waals surface area contributed by atoms with E-state index < -0.39 is 0 Å². The van der Waals surface area contributed by atoms with Crippen LogP contribution in [-0.4, -0.2) is 26.9 Å². The molecule has 1 unspecified atom stereocenters. The second-order valence-corrected chi connectivity index (χ2v) is 7.35. The molecular weight excluding hydrogens is 362 g/mol. The van der Waals surface area contributed by atoms with Gasteiger partial charge in [0.2, 0.25) is 0 Å². The zero-order valence-corrected chi connectivity index (χ0v) is 17.5. The molecule has 152 valence electrons. The van der Waals surface area contributed by atoms with Crippen molar-refractivity contribution in [3.63, 3.8) is 0 Å². The number of carbonyl (C=O) groups is 1. The van der Waals surface area contributed by atoms with Crippen LogP contribution in [0.25, 0.3) is 10.9 Å². The number of amides is 1. The first-order chi connectivity index (χ1) is 14.1. The first-order valence-electron chi connectivity index (χ1n) is 10.4. The number of aromatic nitrogens is 2. The molecule has 1 aromatic heterocycles. The third-order valence-corrected chi connectivity index (χ3v) is 5.36. The molecule has 3 aromatic rings. The van der Waals surface area contributed by atoms with Gasteiger partial charge in [-0.25, -0.2) is 4.98 Å². The predicted octanol–water partition coefficient (Wildman–Crippen LogP) is 4.72. The second-order valence-electron chi connectivity index (χ2n) is 7.35. The summed E-state index contributed by atoms with van der Waals surface area (Å²) in [7, 11) is 1.75. The quantitative estimate of drug-likeness (QED) is 0.522. The van der Waals surface area contributed by atoms with Crippen molar-refractivity contribution in [1.82, 2.24) is 14.5 Å². The molecule has 29 heavy (non-hydrogen) atoms. The molecule has 1 heterocycles. The van der Waals surface area contributed by atoms with Crippen molar-refractivity contribution in [3.05, 3.63) is 76.3 Å². The fourth-order valence-electron chi connectivity index (χ4n) is 3.75. The summed E-state index contributed by atoms with van der Waals surface area (Å²) in [5.74, 6) is 0.618. The van der Waals surface area contributed by atoms with Gasteiger partial charge in [-0.15, -0.1) is 0 Å². The molecule has 0 N–H and O–H groups in total. The lowest BCUT2D eigenvalue weighted by Gasteiger charge is -2.32. The molecule has 0 fully saturated rings. The Morgan fingerprint density at radius 3 is 2.41 bits per heavy atom. The average molecular weight is 392 g/mol. The predicted molar refractivity (Wildman–Crippen MR) is 117 cm³/mol. The topological polar surface area (TPSA) is 55.2 Å². The van der Waals surface area contributed by atoms with Crippen molar-refractivity contribution >= 4 is 16.8 Å². The van der Waals surface area contributed by atoms with Crippen LogP contribution in [0.2, 0.25) is 0 Å². The summed E-state index contributed by atoms with van der Waals surface area (Å²) in [5.41, 5.74) is 1.25. The molecule has 0 bridgehead atoms. The first kappa shape index (κ1) is 20.8. The van der Waals surface area contributed by atoms with Gasteiger partial charge < -0.3 is 4.90 Å². The number of nitrogens with zero attached hydrogens (tertiary/aromatic N) is 3. The molecule has 0 aliphatic carbocycles. The summed E-state index contributed by atoms with van der Waals surface area (Å²) in [6.45, 7) is 4.83. The van der Waals surface area contributed by atoms with E-state index in [1.807, 2.05) is 60.4 Å². The molecule has 1 atom stereocenters. The summed E-state index contributed by atoms with van der Waals surface area (Å²) >= 11 is 0. The van der Waals surface area contributed by atoms with Gasteiger partial charge in [0.15, 0.2) is 0 Å². The highest BCUT2D eigenvalue weighted by Gasteiger charge is 2.28. The Kier molecular flexibility index (Phi) is 6.81. The zero-order chi connectivity index (χ0) is 20.8. The molecule has 5 heteroatoms. The highest BCUT2D eigenvalue weighted by Crippen LogP contribution is 2.26. The number of carbonyl (C=O) groups excluding carboxylic acids is 1. The lowest BCUT2D eigenvalue weighted by atomic mass is 10.1. The van der Waals surface area contributed by atoms with Crippen LogP contribution in [-0.2, 0) is 7.05 Å². The molecule has 0 aliphatic heterocycles. The highest BCUT2D eigenvalue weighted by molar-refractivity contribution is 5.94. The van der Waals surface area contributed by atoms with Gasteiger partial charge in [0.05, 0.1) is 16.9 Å². The van der Waals surface area contributed by atoms with E-state index in [1.165, 1.54) is 0 Å². The van der Waals surface area contributed by atoms with Gasteiger partial charge in [0.25, 0.3) is 11.5 Å². The number of hydrogen-bond donors (Lipinski definition) is 0. The van der Waals surface area contributed by atoms with Crippen molar-refractivity contribution in [3.8, 4) is 0 Å². The van der Waals surface area contributed by atoms with Crippen molar-refractivity contribution in [1.29, 1.82) is 0 Å². The maximum Gasteiger partial charge on any atom is 0.261 e. The number of fused-ring (bicyclic) bond motifs is 1. The lowest BCUT2D eigenvalue weighted by Crippen LogP contribution is -2.39. The maximum absolute atomic E-state index is 13.4. The van der Waals surface area contributed by atoms with Gasteiger partial charge in [-0.05, 0) is 37.1 Å². The van der Waals surface area contributed by atoms with E-state index >= 15 is 0 Å². The maximum atomic E-state index is 13.4.